The molecule has 1 aromatic carbocycles. The van der Waals surface area contributed by atoms with Gasteiger partial charge in [-0.05, 0) is 18.1 Å². The van der Waals surface area contributed by atoms with E-state index in [0.29, 0.717) is 6.61 Å². The molecule has 0 aliphatic rings. The Kier molecular flexibility index (Phi) is 4.75. The summed E-state index contributed by atoms with van der Waals surface area (Å²) >= 11 is 0. The van der Waals surface area contributed by atoms with Crippen molar-refractivity contribution in [1.29, 1.82) is 0 Å². The number of benzene rings is 1. The fourth-order valence-corrected chi connectivity index (χ4v) is 1.47. The first-order valence-electron chi connectivity index (χ1n) is 4.98. The molecule has 0 saturated carbocycles. The van der Waals surface area contributed by atoms with Crippen molar-refractivity contribution < 1.29 is 14.6 Å². The molecule has 3 heteroatoms. The first-order valence-corrected chi connectivity index (χ1v) is 4.98. The Morgan fingerprint density at radius 2 is 1.93 bits per heavy atom. The second-order valence-electron chi connectivity index (χ2n) is 3.53. The Hall–Kier alpha value is -0.900. The summed E-state index contributed by atoms with van der Waals surface area (Å²) in [7, 11) is 3.29. The van der Waals surface area contributed by atoms with E-state index >= 15 is 0 Å². The van der Waals surface area contributed by atoms with E-state index in [4.69, 9.17) is 9.47 Å². The zero-order valence-corrected chi connectivity index (χ0v) is 9.43. The van der Waals surface area contributed by atoms with Crippen LogP contribution in [-0.2, 0) is 9.47 Å². The number of aliphatic hydroxyl groups excluding tert-OH is 1. The molecule has 0 bridgehead atoms. The fraction of sp³-hybridized carbons (Fsp3) is 0.500. The van der Waals surface area contributed by atoms with Crippen molar-refractivity contribution in [3.8, 4) is 0 Å². The predicted molar refractivity (Wildman–Crippen MR) is 58.7 cm³/mol. The molecular weight excluding hydrogens is 192 g/mol. The average molecular weight is 210 g/mol. The van der Waals surface area contributed by atoms with Gasteiger partial charge in [0.25, 0.3) is 0 Å². The van der Waals surface area contributed by atoms with Crippen molar-refractivity contribution in [2.45, 2.75) is 19.1 Å². The van der Waals surface area contributed by atoms with Crippen LogP contribution in [-0.4, -0.2) is 25.9 Å². The van der Waals surface area contributed by atoms with Crippen molar-refractivity contribution in [1.82, 2.24) is 0 Å². The van der Waals surface area contributed by atoms with Gasteiger partial charge in [-0.3, -0.25) is 0 Å². The molecule has 84 valence electrons. The first kappa shape index (κ1) is 12.2. The van der Waals surface area contributed by atoms with Crippen LogP contribution in [0.15, 0.2) is 24.3 Å². The number of ether oxygens (including phenoxy) is 2. The normalized spacial score (nSPS) is 14.9. The van der Waals surface area contributed by atoms with E-state index in [-0.39, 0.29) is 6.10 Å². The monoisotopic (exact) mass is 210 g/mol. The number of aliphatic hydroxyl groups is 1. The van der Waals surface area contributed by atoms with Crippen LogP contribution < -0.4 is 0 Å². The molecule has 2 unspecified atom stereocenters. The fourth-order valence-electron chi connectivity index (χ4n) is 1.47. The maximum atomic E-state index is 9.46. The molecular formula is C12H18O3. The first-order chi connectivity index (χ1) is 7.19. The highest BCUT2D eigenvalue weighted by molar-refractivity contribution is 5.26. The summed E-state index contributed by atoms with van der Waals surface area (Å²) in [5.41, 5.74) is 1.92. The van der Waals surface area contributed by atoms with Crippen molar-refractivity contribution in [2.24, 2.45) is 0 Å². The molecule has 0 saturated heterocycles. The molecule has 1 N–H and O–H groups in total. The zero-order valence-electron chi connectivity index (χ0n) is 9.43. The van der Waals surface area contributed by atoms with Crippen molar-refractivity contribution in [3.63, 3.8) is 0 Å². The van der Waals surface area contributed by atoms with Gasteiger partial charge >= 0.3 is 0 Å². The molecule has 0 aliphatic carbocycles. The molecule has 0 spiro atoms. The third-order valence-electron chi connectivity index (χ3n) is 2.37. The molecule has 0 radical (unpaired) electrons. The van der Waals surface area contributed by atoms with Gasteiger partial charge in [-0.1, -0.05) is 24.3 Å². The van der Waals surface area contributed by atoms with Crippen LogP contribution >= 0.6 is 0 Å². The SMILES string of the molecule is COCC(OC)c1cccc(C(C)O)c1. The Bertz CT molecular complexity index is 297. The Balaban J connectivity index is 2.87. The van der Waals surface area contributed by atoms with Crippen molar-refractivity contribution in [2.75, 3.05) is 20.8 Å². The van der Waals surface area contributed by atoms with Gasteiger partial charge in [0.2, 0.25) is 0 Å². The minimum Gasteiger partial charge on any atom is -0.389 e. The van der Waals surface area contributed by atoms with E-state index < -0.39 is 6.10 Å². The number of rotatable bonds is 5. The molecule has 1 rings (SSSR count). The second kappa shape index (κ2) is 5.85. The van der Waals surface area contributed by atoms with Gasteiger partial charge in [-0.25, -0.2) is 0 Å². The largest absolute Gasteiger partial charge is 0.389 e. The molecule has 0 aromatic heterocycles. The van der Waals surface area contributed by atoms with Gasteiger partial charge in [-0.2, -0.15) is 0 Å². The average Bonchev–Trinajstić information content (AvgIpc) is 2.26. The summed E-state index contributed by atoms with van der Waals surface area (Å²) in [5.74, 6) is 0. The lowest BCUT2D eigenvalue weighted by molar-refractivity contribution is 0.0273. The van der Waals surface area contributed by atoms with E-state index in [2.05, 4.69) is 0 Å². The van der Waals surface area contributed by atoms with Crippen LogP contribution in [0.3, 0.4) is 0 Å². The van der Waals surface area contributed by atoms with Gasteiger partial charge in [-0.15, -0.1) is 0 Å². The molecule has 0 heterocycles. The van der Waals surface area contributed by atoms with Crippen LogP contribution in [0.4, 0.5) is 0 Å². The van der Waals surface area contributed by atoms with Gasteiger partial charge in [0, 0.05) is 14.2 Å². The number of hydrogen-bond donors (Lipinski definition) is 1. The molecule has 0 fully saturated rings. The van der Waals surface area contributed by atoms with Gasteiger partial charge in [0.1, 0.15) is 6.10 Å². The molecule has 15 heavy (non-hydrogen) atoms. The number of hydrogen-bond acceptors (Lipinski definition) is 3. The Morgan fingerprint density at radius 1 is 1.27 bits per heavy atom. The molecule has 0 aliphatic heterocycles. The summed E-state index contributed by atoms with van der Waals surface area (Å²) in [6.45, 7) is 2.26. The van der Waals surface area contributed by atoms with E-state index in [1.807, 2.05) is 24.3 Å². The third-order valence-corrected chi connectivity index (χ3v) is 2.37. The number of methoxy groups -OCH3 is 2. The molecule has 0 amide bonds. The Labute approximate surface area is 90.6 Å². The molecule has 3 nitrogen and oxygen atoms in total. The highest BCUT2D eigenvalue weighted by Crippen LogP contribution is 2.21. The maximum absolute atomic E-state index is 9.46. The van der Waals surface area contributed by atoms with Gasteiger partial charge < -0.3 is 14.6 Å². The maximum Gasteiger partial charge on any atom is 0.105 e. The Morgan fingerprint density at radius 3 is 2.47 bits per heavy atom. The van der Waals surface area contributed by atoms with Gasteiger partial charge in [0.15, 0.2) is 0 Å². The van der Waals surface area contributed by atoms with Gasteiger partial charge in [0.05, 0.1) is 12.7 Å². The van der Waals surface area contributed by atoms with E-state index in [9.17, 15) is 5.11 Å². The summed E-state index contributed by atoms with van der Waals surface area (Å²) < 4.78 is 10.4. The van der Waals surface area contributed by atoms with Crippen LogP contribution in [0, 0.1) is 0 Å². The summed E-state index contributed by atoms with van der Waals surface area (Å²) in [4.78, 5) is 0. The lowest BCUT2D eigenvalue weighted by atomic mass is 10.0. The van der Waals surface area contributed by atoms with E-state index in [1.165, 1.54) is 0 Å². The zero-order chi connectivity index (χ0) is 11.3. The van der Waals surface area contributed by atoms with Crippen LogP contribution in [0.25, 0.3) is 0 Å². The summed E-state index contributed by atoms with van der Waals surface area (Å²) in [5, 5.41) is 9.46. The minimum absolute atomic E-state index is 0.0753. The quantitative estimate of drug-likeness (QED) is 0.808. The highest BCUT2D eigenvalue weighted by Gasteiger charge is 2.11. The lowest BCUT2D eigenvalue weighted by Gasteiger charge is -2.16. The highest BCUT2D eigenvalue weighted by atomic mass is 16.5. The summed E-state index contributed by atoms with van der Waals surface area (Å²) in [6.07, 6.45) is -0.529. The topological polar surface area (TPSA) is 38.7 Å². The smallest absolute Gasteiger partial charge is 0.105 e. The van der Waals surface area contributed by atoms with Crippen LogP contribution in [0.5, 0.6) is 0 Å². The van der Waals surface area contributed by atoms with Crippen LogP contribution in [0.2, 0.25) is 0 Å². The third kappa shape index (κ3) is 3.30. The van der Waals surface area contributed by atoms with Crippen molar-refractivity contribution >= 4 is 0 Å². The van der Waals surface area contributed by atoms with Crippen molar-refractivity contribution in [3.05, 3.63) is 35.4 Å². The lowest BCUT2D eigenvalue weighted by Crippen LogP contribution is -2.09. The molecule has 1 aromatic rings. The van der Waals surface area contributed by atoms with E-state index in [0.717, 1.165) is 11.1 Å². The minimum atomic E-state index is -0.454. The molecule has 2 atom stereocenters. The van der Waals surface area contributed by atoms with Crippen LogP contribution in [0.1, 0.15) is 30.3 Å². The van der Waals surface area contributed by atoms with E-state index in [1.54, 1.807) is 21.1 Å². The standard InChI is InChI=1S/C12H18O3/c1-9(13)10-5-4-6-11(7-10)12(15-3)8-14-2/h4-7,9,12-13H,8H2,1-3H3. The second-order valence-corrected chi connectivity index (χ2v) is 3.53. The predicted octanol–water partition coefficient (Wildman–Crippen LogP) is 2.07. The summed E-state index contributed by atoms with van der Waals surface area (Å²) in [6, 6.07) is 7.73.